The van der Waals surface area contributed by atoms with Crippen LogP contribution in [0.15, 0.2) is 23.7 Å². The van der Waals surface area contributed by atoms with Crippen molar-refractivity contribution < 1.29 is 9.84 Å². The molecule has 1 unspecified atom stereocenters. The van der Waals surface area contributed by atoms with E-state index < -0.39 is 6.10 Å². The van der Waals surface area contributed by atoms with Crippen molar-refractivity contribution in [2.24, 2.45) is 0 Å². The first-order valence-corrected chi connectivity index (χ1v) is 7.21. The van der Waals surface area contributed by atoms with Crippen LogP contribution in [0.25, 0.3) is 10.2 Å². The number of benzene rings is 1. The molecular weight excluding hydrogens is 260 g/mol. The minimum Gasteiger partial charge on any atom is -0.389 e. The van der Waals surface area contributed by atoms with E-state index in [2.05, 4.69) is 10.3 Å². The average molecular weight is 280 g/mol. The molecule has 1 aromatic carbocycles. The Balaban J connectivity index is 1.84. The summed E-state index contributed by atoms with van der Waals surface area (Å²) in [5.74, 6) is 0. The zero-order chi connectivity index (χ0) is 13.9. The molecule has 0 radical (unpaired) electrons. The number of aliphatic hydroxyl groups excluding tert-OH is 1. The van der Waals surface area contributed by atoms with E-state index in [4.69, 9.17) is 4.74 Å². The van der Waals surface area contributed by atoms with Crippen molar-refractivity contribution in [3.8, 4) is 0 Å². The molecule has 4 nitrogen and oxygen atoms in total. The second kappa shape index (κ2) is 5.86. The van der Waals surface area contributed by atoms with Crippen LogP contribution in [0.5, 0.6) is 0 Å². The first-order chi connectivity index (χ1) is 8.94. The Kier molecular flexibility index (Phi) is 4.39. The Bertz CT molecular complexity index is 533. The fourth-order valence-corrected chi connectivity index (χ4v) is 2.32. The Hall–Kier alpha value is -1.17. The van der Waals surface area contributed by atoms with Crippen molar-refractivity contribution in [2.45, 2.75) is 32.5 Å². The van der Waals surface area contributed by atoms with Crippen LogP contribution in [0.3, 0.4) is 0 Å². The molecule has 2 aromatic rings. The lowest BCUT2D eigenvalue weighted by Crippen LogP contribution is -2.30. The van der Waals surface area contributed by atoms with Crippen LogP contribution in [-0.2, 0) is 4.74 Å². The number of aromatic nitrogens is 1. The summed E-state index contributed by atoms with van der Waals surface area (Å²) in [4.78, 5) is 4.23. The van der Waals surface area contributed by atoms with E-state index in [1.807, 2.05) is 44.5 Å². The highest BCUT2D eigenvalue weighted by Crippen LogP contribution is 2.21. The van der Waals surface area contributed by atoms with Gasteiger partial charge in [0.2, 0.25) is 0 Å². The minimum absolute atomic E-state index is 0.220. The maximum absolute atomic E-state index is 9.85. The Morgan fingerprint density at radius 2 is 2.21 bits per heavy atom. The van der Waals surface area contributed by atoms with Gasteiger partial charge in [-0.1, -0.05) is 0 Å². The number of ether oxygens (including phenoxy) is 1. The van der Waals surface area contributed by atoms with Gasteiger partial charge in [0.15, 0.2) is 0 Å². The molecular formula is C14H20N2O2S. The number of thiazole rings is 1. The van der Waals surface area contributed by atoms with Crippen molar-refractivity contribution >= 4 is 27.2 Å². The fourth-order valence-electron chi connectivity index (χ4n) is 1.61. The molecule has 0 saturated heterocycles. The molecule has 0 aliphatic rings. The molecule has 2 N–H and O–H groups in total. The molecule has 1 aromatic heterocycles. The number of aliphatic hydroxyl groups is 1. The minimum atomic E-state index is -0.517. The third-order valence-electron chi connectivity index (χ3n) is 2.58. The SMILES string of the molecule is CC(C)(C)OCC(O)CNc1ccc2ncsc2c1. The van der Waals surface area contributed by atoms with Crippen molar-refractivity contribution in [1.29, 1.82) is 0 Å². The molecule has 0 amide bonds. The Morgan fingerprint density at radius 3 is 2.95 bits per heavy atom. The number of nitrogens with one attached hydrogen (secondary N) is 1. The van der Waals surface area contributed by atoms with Gasteiger partial charge in [0.25, 0.3) is 0 Å². The number of anilines is 1. The molecule has 0 bridgehead atoms. The highest BCUT2D eigenvalue weighted by atomic mass is 32.1. The van der Waals surface area contributed by atoms with Gasteiger partial charge in [-0.2, -0.15) is 0 Å². The van der Waals surface area contributed by atoms with Gasteiger partial charge in [0, 0.05) is 12.2 Å². The molecule has 2 rings (SSSR count). The van der Waals surface area contributed by atoms with Gasteiger partial charge < -0.3 is 15.2 Å². The summed E-state index contributed by atoms with van der Waals surface area (Å²) in [6, 6.07) is 6.00. The van der Waals surface area contributed by atoms with Crippen LogP contribution in [0.2, 0.25) is 0 Å². The number of hydrogen-bond donors (Lipinski definition) is 2. The molecule has 5 heteroatoms. The van der Waals surface area contributed by atoms with Crippen LogP contribution in [0.4, 0.5) is 5.69 Å². The standard InChI is InChI=1S/C14H20N2O2S/c1-14(2,3)18-8-11(17)7-15-10-4-5-12-13(6-10)19-9-16-12/h4-6,9,11,15,17H,7-8H2,1-3H3. The second-order valence-corrected chi connectivity index (χ2v) is 6.38. The lowest BCUT2D eigenvalue weighted by atomic mass is 10.2. The third kappa shape index (κ3) is 4.45. The molecule has 0 fully saturated rings. The molecule has 1 atom stereocenters. The topological polar surface area (TPSA) is 54.4 Å². The third-order valence-corrected chi connectivity index (χ3v) is 3.37. The van der Waals surface area contributed by atoms with E-state index >= 15 is 0 Å². The monoisotopic (exact) mass is 280 g/mol. The lowest BCUT2D eigenvalue weighted by Gasteiger charge is -2.22. The molecule has 19 heavy (non-hydrogen) atoms. The number of nitrogens with zero attached hydrogens (tertiary/aromatic N) is 1. The fraction of sp³-hybridized carbons (Fsp3) is 0.500. The summed E-state index contributed by atoms with van der Waals surface area (Å²) >= 11 is 1.61. The average Bonchev–Trinajstić information content (AvgIpc) is 2.80. The first kappa shape index (κ1) is 14.2. The summed E-state index contributed by atoms with van der Waals surface area (Å²) in [5, 5.41) is 13.1. The maximum Gasteiger partial charge on any atom is 0.0945 e. The summed E-state index contributed by atoms with van der Waals surface area (Å²) < 4.78 is 6.68. The van der Waals surface area contributed by atoms with E-state index in [-0.39, 0.29) is 5.60 Å². The van der Waals surface area contributed by atoms with Gasteiger partial charge in [-0.15, -0.1) is 11.3 Å². The van der Waals surface area contributed by atoms with E-state index in [0.29, 0.717) is 13.2 Å². The predicted molar refractivity (Wildman–Crippen MR) is 79.8 cm³/mol. The van der Waals surface area contributed by atoms with E-state index in [1.165, 1.54) is 0 Å². The Labute approximate surface area is 117 Å². The summed E-state index contributed by atoms with van der Waals surface area (Å²) in [6.07, 6.45) is -0.517. The largest absolute Gasteiger partial charge is 0.389 e. The number of fused-ring (bicyclic) bond motifs is 1. The molecule has 0 spiro atoms. The zero-order valence-corrected chi connectivity index (χ0v) is 12.3. The van der Waals surface area contributed by atoms with Crippen molar-refractivity contribution in [1.82, 2.24) is 4.98 Å². The molecule has 0 aliphatic heterocycles. The van der Waals surface area contributed by atoms with Crippen LogP contribution in [0.1, 0.15) is 20.8 Å². The smallest absolute Gasteiger partial charge is 0.0945 e. The highest BCUT2D eigenvalue weighted by Gasteiger charge is 2.13. The maximum atomic E-state index is 9.85. The summed E-state index contributed by atoms with van der Waals surface area (Å²) in [6.45, 7) is 6.74. The van der Waals surface area contributed by atoms with Crippen molar-refractivity contribution in [3.05, 3.63) is 23.7 Å². The van der Waals surface area contributed by atoms with E-state index in [0.717, 1.165) is 15.9 Å². The Morgan fingerprint density at radius 1 is 1.42 bits per heavy atom. The molecule has 1 heterocycles. The van der Waals surface area contributed by atoms with Gasteiger partial charge >= 0.3 is 0 Å². The summed E-state index contributed by atoms with van der Waals surface area (Å²) in [5.41, 5.74) is 3.61. The number of hydrogen-bond acceptors (Lipinski definition) is 5. The van der Waals surface area contributed by atoms with Crippen LogP contribution in [0, 0.1) is 0 Å². The van der Waals surface area contributed by atoms with Gasteiger partial charge in [-0.25, -0.2) is 4.98 Å². The summed E-state index contributed by atoms with van der Waals surface area (Å²) in [7, 11) is 0. The zero-order valence-electron chi connectivity index (χ0n) is 11.5. The molecule has 104 valence electrons. The second-order valence-electron chi connectivity index (χ2n) is 5.49. The van der Waals surface area contributed by atoms with Gasteiger partial charge in [0.1, 0.15) is 0 Å². The van der Waals surface area contributed by atoms with Gasteiger partial charge in [0.05, 0.1) is 34.0 Å². The first-order valence-electron chi connectivity index (χ1n) is 6.33. The van der Waals surface area contributed by atoms with Gasteiger partial charge in [-0.3, -0.25) is 0 Å². The van der Waals surface area contributed by atoms with Crippen LogP contribution >= 0.6 is 11.3 Å². The lowest BCUT2D eigenvalue weighted by molar-refractivity contribution is -0.0449. The normalized spacial score (nSPS) is 13.7. The van der Waals surface area contributed by atoms with E-state index in [1.54, 1.807) is 11.3 Å². The van der Waals surface area contributed by atoms with Gasteiger partial charge in [-0.05, 0) is 39.0 Å². The number of rotatable bonds is 5. The predicted octanol–water partition coefficient (Wildman–Crippen LogP) is 2.88. The van der Waals surface area contributed by atoms with Crippen LogP contribution in [-0.4, -0.2) is 34.9 Å². The van der Waals surface area contributed by atoms with E-state index in [9.17, 15) is 5.11 Å². The highest BCUT2D eigenvalue weighted by molar-refractivity contribution is 7.16. The quantitative estimate of drug-likeness (QED) is 0.884. The van der Waals surface area contributed by atoms with Crippen molar-refractivity contribution in [2.75, 3.05) is 18.5 Å². The van der Waals surface area contributed by atoms with Crippen molar-refractivity contribution in [3.63, 3.8) is 0 Å². The molecule has 0 aliphatic carbocycles. The van der Waals surface area contributed by atoms with Crippen LogP contribution < -0.4 is 5.32 Å². The molecule has 0 saturated carbocycles.